The Balaban J connectivity index is 1.99. The van der Waals surface area contributed by atoms with E-state index < -0.39 is 0 Å². The molecule has 3 rings (SSSR count). The third-order valence-corrected chi connectivity index (χ3v) is 5.05. The van der Waals surface area contributed by atoms with Crippen LogP contribution in [-0.2, 0) is 6.54 Å². The van der Waals surface area contributed by atoms with Crippen molar-refractivity contribution >= 4 is 29.0 Å². The van der Waals surface area contributed by atoms with Gasteiger partial charge in [0.2, 0.25) is 0 Å². The van der Waals surface area contributed by atoms with E-state index in [-0.39, 0.29) is 17.5 Å². The third kappa shape index (κ3) is 3.20. The van der Waals surface area contributed by atoms with E-state index >= 15 is 0 Å². The van der Waals surface area contributed by atoms with Crippen molar-refractivity contribution in [2.24, 2.45) is 0 Å². The van der Waals surface area contributed by atoms with Gasteiger partial charge in [-0.2, -0.15) is 0 Å². The minimum absolute atomic E-state index is 0.0639. The van der Waals surface area contributed by atoms with Gasteiger partial charge < -0.3 is 9.88 Å². The van der Waals surface area contributed by atoms with Gasteiger partial charge in [0.05, 0.1) is 16.9 Å². The van der Waals surface area contributed by atoms with Crippen LogP contribution >= 0.6 is 12.2 Å². The van der Waals surface area contributed by atoms with Gasteiger partial charge in [-0.05, 0) is 49.8 Å². The maximum atomic E-state index is 12.9. The predicted octanol–water partition coefficient (Wildman–Crippen LogP) is 3.91. The molecule has 1 aromatic heterocycles. The Morgan fingerprint density at radius 3 is 2.58 bits per heavy atom. The van der Waals surface area contributed by atoms with Crippen LogP contribution in [0.2, 0.25) is 0 Å². The molecule has 0 aliphatic carbocycles. The van der Waals surface area contributed by atoms with E-state index in [2.05, 4.69) is 4.98 Å². The number of nitrogens with one attached hydrogen (secondary N) is 1. The summed E-state index contributed by atoms with van der Waals surface area (Å²) in [6.07, 6.45) is 0. The summed E-state index contributed by atoms with van der Waals surface area (Å²) < 4.78 is 1.86. The minimum Gasteiger partial charge on any atom is -0.335 e. The summed E-state index contributed by atoms with van der Waals surface area (Å²) in [5.74, 6) is -0.109. The summed E-state index contributed by atoms with van der Waals surface area (Å²) in [4.78, 5) is 30.1. The van der Waals surface area contributed by atoms with Crippen molar-refractivity contribution in [3.8, 4) is 0 Å². The minimum atomic E-state index is -0.142. The number of carbonyl (C=O) groups is 1. The van der Waals surface area contributed by atoms with Crippen molar-refractivity contribution in [2.75, 3.05) is 7.05 Å². The van der Waals surface area contributed by atoms with Crippen LogP contribution in [0.5, 0.6) is 0 Å². The van der Waals surface area contributed by atoms with E-state index in [0.717, 1.165) is 5.56 Å². The van der Waals surface area contributed by atoms with Gasteiger partial charge in [-0.25, -0.2) is 0 Å². The lowest BCUT2D eigenvalue weighted by Gasteiger charge is -2.25. The fourth-order valence-corrected chi connectivity index (χ4v) is 3.33. The molecule has 2 aromatic carbocycles. The number of hydrogen-bond donors (Lipinski definition) is 1. The molecule has 5 nitrogen and oxygen atoms in total. The number of benzene rings is 2. The van der Waals surface area contributed by atoms with Crippen LogP contribution in [0.15, 0.2) is 53.3 Å². The number of hydrogen-bond acceptors (Lipinski definition) is 3. The molecule has 0 saturated carbocycles. The smallest absolute Gasteiger partial charge is 0.262 e. The first-order valence-corrected chi connectivity index (χ1v) is 8.93. The average Bonchev–Trinajstić information content (AvgIpc) is 2.66. The molecule has 0 aliphatic heterocycles. The highest BCUT2D eigenvalue weighted by atomic mass is 32.1. The molecule has 0 aliphatic rings. The maximum absolute atomic E-state index is 12.9. The summed E-state index contributed by atoms with van der Waals surface area (Å²) in [6, 6.07) is 14.9. The lowest BCUT2D eigenvalue weighted by molar-refractivity contribution is 0.0743. The van der Waals surface area contributed by atoms with Crippen LogP contribution in [0.3, 0.4) is 0 Å². The largest absolute Gasteiger partial charge is 0.335 e. The quantitative estimate of drug-likeness (QED) is 0.711. The highest BCUT2D eigenvalue weighted by Gasteiger charge is 2.19. The Hall–Kier alpha value is -2.73. The zero-order valence-corrected chi connectivity index (χ0v) is 15.8. The molecule has 0 radical (unpaired) electrons. The Kier molecular flexibility index (Phi) is 5.04. The van der Waals surface area contributed by atoms with Gasteiger partial charge in [0.1, 0.15) is 0 Å². The molecule has 0 saturated heterocycles. The van der Waals surface area contributed by atoms with Crippen molar-refractivity contribution in [3.05, 3.63) is 74.8 Å². The van der Waals surface area contributed by atoms with Crippen LogP contribution in [0.1, 0.15) is 35.8 Å². The molecule has 0 fully saturated rings. The van der Waals surface area contributed by atoms with E-state index in [4.69, 9.17) is 12.2 Å². The molecule has 1 atom stereocenters. The van der Waals surface area contributed by atoms with Gasteiger partial charge in [-0.1, -0.05) is 30.3 Å². The van der Waals surface area contributed by atoms with Gasteiger partial charge in [0.25, 0.3) is 11.5 Å². The summed E-state index contributed by atoms with van der Waals surface area (Å²) in [5.41, 5.74) is 2.02. The third-order valence-electron chi connectivity index (χ3n) is 4.73. The second-order valence-electron chi connectivity index (χ2n) is 6.24. The highest BCUT2D eigenvalue weighted by Crippen LogP contribution is 2.21. The number of carbonyl (C=O) groups excluding carboxylic acids is 1. The molecule has 1 unspecified atom stereocenters. The molecule has 0 bridgehead atoms. The maximum Gasteiger partial charge on any atom is 0.262 e. The summed E-state index contributed by atoms with van der Waals surface area (Å²) in [6.45, 7) is 4.36. The number of rotatable bonds is 4. The summed E-state index contributed by atoms with van der Waals surface area (Å²) >= 11 is 5.24. The number of aromatic amines is 1. The fraction of sp³-hybridized carbons (Fsp3) is 0.250. The molecule has 3 aromatic rings. The molecule has 1 heterocycles. The summed E-state index contributed by atoms with van der Waals surface area (Å²) in [7, 11) is 1.78. The van der Waals surface area contributed by atoms with Gasteiger partial charge >= 0.3 is 0 Å². The molecule has 134 valence electrons. The second-order valence-corrected chi connectivity index (χ2v) is 6.63. The van der Waals surface area contributed by atoms with E-state index in [1.54, 1.807) is 30.1 Å². The first-order chi connectivity index (χ1) is 12.4. The zero-order valence-electron chi connectivity index (χ0n) is 15.0. The van der Waals surface area contributed by atoms with Crippen molar-refractivity contribution in [1.82, 2.24) is 14.5 Å². The molecule has 1 N–H and O–H groups in total. The monoisotopic (exact) mass is 367 g/mol. The Labute approximate surface area is 156 Å². The predicted molar refractivity (Wildman–Crippen MR) is 106 cm³/mol. The van der Waals surface area contributed by atoms with Crippen LogP contribution in [0.25, 0.3) is 10.9 Å². The molecule has 6 heteroatoms. The molecule has 26 heavy (non-hydrogen) atoms. The van der Waals surface area contributed by atoms with Crippen molar-refractivity contribution < 1.29 is 4.79 Å². The highest BCUT2D eigenvalue weighted by molar-refractivity contribution is 7.71. The van der Waals surface area contributed by atoms with Crippen LogP contribution < -0.4 is 5.56 Å². The first kappa shape index (κ1) is 18.1. The number of aromatic nitrogens is 2. The zero-order chi connectivity index (χ0) is 18.8. The Morgan fingerprint density at radius 2 is 1.92 bits per heavy atom. The van der Waals surface area contributed by atoms with Gasteiger partial charge in [0.15, 0.2) is 4.77 Å². The van der Waals surface area contributed by atoms with E-state index in [9.17, 15) is 9.59 Å². The lowest BCUT2D eigenvalue weighted by Crippen LogP contribution is -2.29. The topological polar surface area (TPSA) is 58.1 Å². The normalized spacial score (nSPS) is 12.1. The number of fused-ring (bicyclic) bond motifs is 1. The molecular formula is C20H21N3O2S. The van der Waals surface area contributed by atoms with Gasteiger partial charge in [-0.3, -0.25) is 14.2 Å². The van der Waals surface area contributed by atoms with Crippen molar-refractivity contribution in [3.63, 3.8) is 0 Å². The lowest BCUT2D eigenvalue weighted by atomic mass is 10.1. The van der Waals surface area contributed by atoms with Crippen molar-refractivity contribution in [1.29, 1.82) is 0 Å². The molecule has 1 amide bonds. The molecule has 0 spiro atoms. The van der Waals surface area contributed by atoms with E-state index in [1.807, 2.05) is 44.2 Å². The van der Waals surface area contributed by atoms with Gasteiger partial charge in [-0.15, -0.1) is 0 Å². The standard InChI is InChI=1S/C20H21N3O2S/c1-4-23-19(25)16-11-10-15(12-17(16)21-20(23)26)18(24)22(3)13(2)14-8-6-5-7-9-14/h5-13H,4H2,1-3H3,(H,21,26). The van der Waals surface area contributed by atoms with E-state index in [0.29, 0.717) is 27.8 Å². The van der Waals surface area contributed by atoms with Crippen LogP contribution in [0.4, 0.5) is 0 Å². The van der Waals surface area contributed by atoms with Crippen LogP contribution in [0, 0.1) is 4.77 Å². The first-order valence-electron chi connectivity index (χ1n) is 8.53. The Bertz CT molecular complexity index is 1070. The second kappa shape index (κ2) is 7.25. The number of H-pyrrole nitrogens is 1. The number of amides is 1. The average molecular weight is 367 g/mol. The number of nitrogens with zero attached hydrogens (tertiary/aromatic N) is 2. The summed E-state index contributed by atoms with van der Waals surface area (Å²) in [5, 5.41) is 0.524. The molecular weight excluding hydrogens is 346 g/mol. The SMILES string of the molecule is CCn1c(=S)[nH]c2cc(C(=O)N(C)C(C)c3ccccc3)ccc2c1=O. The van der Waals surface area contributed by atoms with E-state index in [1.165, 1.54) is 4.57 Å². The fourth-order valence-electron chi connectivity index (χ4n) is 3.01. The van der Waals surface area contributed by atoms with Gasteiger partial charge in [0, 0.05) is 19.2 Å². The Morgan fingerprint density at radius 1 is 1.23 bits per heavy atom. The van der Waals surface area contributed by atoms with Crippen LogP contribution in [-0.4, -0.2) is 27.4 Å². The van der Waals surface area contributed by atoms with Crippen molar-refractivity contribution in [2.45, 2.75) is 26.4 Å².